The van der Waals surface area contributed by atoms with Gasteiger partial charge in [-0.05, 0) is 29.8 Å². The minimum atomic E-state index is -4.43. The van der Waals surface area contributed by atoms with E-state index in [0.29, 0.717) is 11.1 Å². The number of halogens is 3. The van der Waals surface area contributed by atoms with Gasteiger partial charge in [-0.3, -0.25) is 0 Å². The van der Waals surface area contributed by atoms with Crippen LogP contribution < -0.4 is 0 Å². The first-order valence-corrected chi connectivity index (χ1v) is 7.57. The number of alkyl halides is 3. The van der Waals surface area contributed by atoms with Crippen LogP contribution in [0.15, 0.2) is 52.7 Å². The minimum absolute atomic E-state index is 0.292. The van der Waals surface area contributed by atoms with Gasteiger partial charge >= 0.3 is 6.18 Å². The Hall–Kier alpha value is -2.02. The molecular weight excluding hydrogens is 305 g/mol. The molecule has 3 nitrogen and oxygen atoms in total. The Morgan fingerprint density at radius 3 is 2.29 bits per heavy atom. The lowest BCUT2D eigenvalue weighted by Crippen LogP contribution is -2.05. The molecule has 0 aliphatic carbocycles. The molecule has 0 saturated carbocycles. The third-order valence-corrected chi connectivity index (χ3v) is 3.95. The summed E-state index contributed by atoms with van der Waals surface area (Å²) in [6.45, 7) is 0. The molecule has 0 aliphatic heterocycles. The molecule has 0 aliphatic rings. The molecule has 21 heavy (non-hydrogen) atoms. The van der Waals surface area contributed by atoms with Gasteiger partial charge in [0.2, 0.25) is 0 Å². The lowest BCUT2D eigenvalue weighted by atomic mass is 10.1. The largest absolute Gasteiger partial charge is 0.472 e. The van der Waals surface area contributed by atoms with E-state index in [1.54, 1.807) is 6.07 Å². The van der Waals surface area contributed by atoms with Gasteiger partial charge in [0.05, 0.1) is 23.8 Å². The van der Waals surface area contributed by atoms with Gasteiger partial charge in [0, 0.05) is 11.0 Å². The molecule has 1 aromatic carbocycles. The number of hydrogen-bond acceptors (Lipinski definition) is 3. The molecule has 0 bridgehead atoms. The predicted molar refractivity (Wildman–Crippen MR) is 71.8 cm³/mol. The van der Waals surface area contributed by atoms with Gasteiger partial charge in [-0.25, -0.2) is 8.42 Å². The summed E-state index contributed by atoms with van der Waals surface area (Å²) < 4.78 is 65.7. The zero-order valence-corrected chi connectivity index (χ0v) is 11.5. The van der Waals surface area contributed by atoms with Gasteiger partial charge < -0.3 is 4.42 Å². The molecule has 0 spiro atoms. The van der Waals surface area contributed by atoms with Crippen LogP contribution in [-0.2, 0) is 21.8 Å². The molecule has 0 fully saturated rings. The van der Waals surface area contributed by atoms with E-state index in [-0.39, 0.29) is 5.75 Å². The van der Waals surface area contributed by atoms with Gasteiger partial charge in [0.1, 0.15) is 0 Å². The second-order valence-electron chi connectivity index (χ2n) is 4.36. The molecule has 1 aromatic heterocycles. The zero-order chi connectivity index (χ0) is 15.5. The van der Waals surface area contributed by atoms with E-state index in [2.05, 4.69) is 0 Å². The third kappa shape index (κ3) is 4.49. The van der Waals surface area contributed by atoms with E-state index in [9.17, 15) is 21.6 Å². The highest BCUT2D eigenvalue weighted by Gasteiger charge is 2.30. The van der Waals surface area contributed by atoms with E-state index in [1.165, 1.54) is 18.6 Å². The van der Waals surface area contributed by atoms with Crippen LogP contribution in [0, 0.1) is 0 Å². The van der Waals surface area contributed by atoms with Crippen molar-refractivity contribution < 1.29 is 26.0 Å². The van der Waals surface area contributed by atoms with Gasteiger partial charge in [0.15, 0.2) is 9.84 Å². The fourth-order valence-corrected chi connectivity index (χ4v) is 2.74. The van der Waals surface area contributed by atoms with E-state index in [4.69, 9.17) is 4.42 Å². The topological polar surface area (TPSA) is 47.3 Å². The van der Waals surface area contributed by atoms with Crippen LogP contribution in [0.5, 0.6) is 0 Å². The van der Waals surface area contributed by atoms with Gasteiger partial charge in [-0.15, -0.1) is 0 Å². The molecule has 0 radical (unpaired) electrons. The molecule has 2 rings (SSSR count). The van der Waals surface area contributed by atoms with Crippen LogP contribution in [0.4, 0.5) is 13.2 Å². The standard InChI is InChI=1S/C14H11F3O3S/c15-14(16,17)13-3-1-12(2-4-13)10-21(18,19)8-6-11-5-7-20-9-11/h1-9H,10H2. The number of benzene rings is 1. The van der Waals surface area contributed by atoms with Crippen molar-refractivity contribution in [3.63, 3.8) is 0 Å². The average molecular weight is 316 g/mol. The highest BCUT2D eigenvalue weighted by Crippen LogP contribution is 2.29. The van der Waals surface area contributed by atoms with Crippen molar-refractivity contribution in [1.29, 1.82) is 0 Å². The lowest BCUT2D eigenvalue weighted by molar-refractivity contribution is -0.137. The van der Waals surface area contributed by atoms with Crippen molar-refractivity contribution >= 4 is 15.9 Å². The summed E-state index contributed by atoms with van der Waals surface area (Å²) >= 11 is 0. The Morgan fingerprint density at radius 2 is 1.76 bits per heavy atom. The quantitative estimate of drug-likeness (QED) is 0.860. The van der Waals surface area contributed by atoms with Crippen molar-refractivity contribution in [3.8, 4) is 0 Å². The average Bonchev–Trinajstić information content (AvgIpc) is 2.89. The second-order valence-corrected chi connectivity index (χ2v) is 6.25. The molecule has 0 unspecified atom stereocenters. The van der Waals surface area contributed by atoms with E-state index in [0.717, 1.165) is 29.7 Å². The molecule has 7 heteroatoms. The van der Waals surface area contributed by atoms with Crippen LogP contribution in [0.2, 0.25) is 0 Å². The molecule has 2 aromatic rings. The summed E-state index contributed by atoms with van der Waals surface area (Å²) in [5.41, 5.74) is 0.0726. The second kappa shape index (κ2) is 5.77. The summed E-state index contributed by atoms with van der Waals surface area (Å²) in [5, 5.41) is 1.01. The number of sulfone groups is 1. The predicted octanol–water partition coefficient (Wildman–Crippen LogP) is 3.88. The normalized spacial score (nSPS) is 12.9. The maximum absolute atomic E-state index is 12.4. The molecule has 0 atom stereocenters. The smallest absolute Gasteiger partial charge is 0.416 e. The first-order chi connectivity index (χ1) is 9.76. The Bertz CT molecular complexity index is 712. The summed E-state index contributed by atoms with van der Waals surface area (Å²) in [6, 6.07) is 5.64. The Morgan fingerprint density at radius 1 is 1.10 bits per heavy atom. The Kier molecular flexibility index (Phi) is 4.22. The maximum Gasteiger partial charge on any atom is 0.416 e. The van der Waals surface area contributed by atoms with Crippen LogP contribution in [-0.4, -0.2) is 8.42 Å². The number of hydrogen-bond donors (Lipinski definition) is 0. The first-order valence-electron chi connectivity index (χ1n) is 5.85. The summed E-state index contributed by atoms with van der Waals surface area (Å²) in [5.74, 6) is -0.362. The monoisotopic (exact) mass is 316 g/mol. The molecule has 112 valence electrons. The number of rotatable bonds is 4. The van der Waals surface area contributed by atoms with Crippen molar-refractivity contribution in [2.75, 3.05) is 0 Å². The van der Waals surface area contributed by atoms with Gasteiger partial charge in [-0.1, -0.05) is 12.1 Å². The zero-order valence-electron chi connectivity index (χ0n) is 10.7. The van der Waals surface area contributed by atoms with Crippen molar-refractivity contribution in [2.24, 2.45) is 0 Å². The maximum atomic E-state index is 12.4. The minimum Gasteiger partial charge on any atom is -0.472 e. The van der Waals surface area contributed by atoms with Crippen molar-refractivity contribution in [1.82, 2.24) is 0 Å². The molecular formula is C14H11F3O3S. The fourth-order valence-electron chi connectivity index (χ4n) is 1.62. The molecule has 0 amide bonds. The van der Waals surface area contributed by atoms with Crippen LogP contribution in [0.25, 0.3) is 6.08 Å². The molecule has 0 saturated heterocycles. The van der Waals surface area contributed by atoms with Crippen LogP contribution in [0.3, 0.4) is 0 Å². The Balaban J connectivity index is 2.10. The Labute approximate surface area is 119 Å². The SMILES string of the molecule is O=S(=O)(C=Cc1ccoc1)Cc1ccc(C(F)(F)F)cc1. The van der Waals surface area contributed by atoms with Crippen LogP contribution in [0.1, 0.15) is 16.7 Å². The van der Waals surface area contributed by atoms with E-state index in [1.807, 2.05) is 0 Å². The summed E-state index contributed by atoms with van der Waals surface area (Å²) in [6.07, 6.45) is -0.284. The van der Waals surface area contributed by atoms with Crippen LogP contribution >= 0.6 is 0 Å². The lowest BCUT2D eigenvalue weighted by Gasteiger charge is -2.07. The molecule has 1 heterocycles. The van der Waals surface area contributed by atoms with Gasteiger partial charge in [-0.2, -0.15) is 13.2 Å². The third-order valence-electron chi connectivity index (χ3n) is 2.66. The van der Waals surface area contributed by atoms with Crippen molar-refractivity contribution in [3.05, 3.63) is 65.0 Å². The summed E-state index contributed by atoms with van der Waals surface area (Å²) in [7, 11) is -3.56. The van der Waals surface area contributed by atoms with E-state index >= 15 is 0 Å². The highest BCUT2D eigenvalue weighted by atomic mass is 32.2. The van der Waals surface area contributed by atoms with Gasteiger partial charge in [0.25, 0.3) is 0 Å². The fraction of sp³-hybridized carbons (Fsp3) is 0.143. The van der Waals surface area contributed by atoms with E-state index < -0.39 is 21.6 Å². The van der Waals surface area contributed by atoms with Crippen molar-refractivity contribution in [2.45, 2.75) is 11.9 Å². The number of furan rings is 1. The summed E-state index contributed by atoms with van der Waals surface area (Å²) in [4.78, 5) is 0. The first kappa shape index (κ1) is 15.4. The molecule has 0 N–H and O–H groups in total. The highest BCUT2D eigenvalue weighted by molar-refractivity contribution is 7.93.